The van der Waals surface area contributed by atoms with Gasteiger partial charge in [0, 0.05) is 31.0 Å². The number of nitrogens with zero attached hydrogens (tertiary/aromatic N) is 5. The first-order chi connectivity index (χ1) is 16.7. The van der Waals surface area contributed by atoms with Gasteiger partial charge in [-0.1, -0.05) is 18.6 Å². The molecule has 0 saturated carbocycles. The highest BCUT2D eigenvalue weighted by atomic mass is 16.1. The Morgan fingerprint density at radius 2 is 1.59 bits per heavy atom. The van der Waals surface area contributed by atoms with Crippen molar-refractivity contribution in [2.24, 2.45) is 0 Å². The van der Waals surface area contributed by atoms with Crippen molar-refractivity contribution < 1.29 is 0 Å². The van der Waals surface area contributed by atoms with E-state index in [0.717, 1.165) is 58.7 Å². The number of fused-ring (bicyclic) bond motifs is 2. The molecule has 1 aliphatic heterocycles. The average Bonchev–Trinajstić information content (AvgIpc) is 3.33. The third-order valence-corrected chi connectivity index (χ3v) is 6.70. The Balaban J connectivity index is 1.31. The van der Waals surface area contributed by atoms with E-state index < -0.39 is 0 Å². The molecule has 0 aliphatic carbocycles. The van der Waals surface area contributed by atoms with Crippen molar-refractivity contribution in [3.8, 4) is 22.5 Å². The van der Waals surface area contributed by atoms with Crippen LogP contribution < -0.4 is 5.56 Å². The molecule has 0 radical (unpaired) electrons. The molecule has 1 N–H and O–H groups in total. The average molecular weight is 451 g/mol. The normalized spacial score (nSPS) is 14.7. The zero-order valence-electron chi connectivity index (χ0n) is 18.9. The number of pyridine rings is 1. The third-order valence-electron chi connectivity index (χ3n) is 6.70. The summed E-state index contributed by atoms with van der Waals surface area (Å²) in [6.07, 6.45) is 9.02. The number of hydrogen-bond acceptors (Lipinski definition) is 5. The number of piperidine rings is 1. The highest BCUT2D eigenvalue weighted by molar-refractivity contribution is 5.88. The SMILES string of the molecule is O=c1c2cc(-c3ccc4nc(-c5ccncc5)[nH]c4c3)ccc2ncn1CCN1CCCCC1. The number of H-pyrrole nitrogens is 1. The Labute approximate surface area is 197 Å². The molecule has 5 aromatic rings. The van der Waals surface area contributed by atoms with Crippen LogP contribution in [-0.4, -0.2) is 49.0 Å². The second-order valence-corrected chi connectivity index (χ2v) is 8.93. The van der Waals surface area contributed by atoms with Crippen molar-refractivity contribution in [1.82, 2.24) is 29.4 Å². The summed E-state index contributed by atoms with van der Waals surface area (Å²) >= 11 is 0. The lowest BCUT2D eigenvalue weighted by atomic mass is 10.0. The van der Waals surface area contributed by atoms with Gasteiger partial charge in [0.25, 0.3) is 5.56 Å². The standard InChI is InChI=1S/C27H26N6O/c34-27-22-16-20(4-6-23(22)29-18-33(27)15-14-32-12-2-1-3-13-32)21-5-7-24-25(17-21)31-26(30-24)19-8-10-28-11-9-19/h4-11,16-18H,1-3,12-15H2,(H,30,31). The van der Waals surface area contributed by atoms with Crippen molar-refractivity contribution in [2.45, 2.75) is 25.8 Å². The van der Waals surface area contributed by atoms with Gasteiger partial charge in [-0.05, 0) is 73.5 Å². The minimum Gasteiger partial charge on any atom is -0.338 e. The summed E-state index contributed by atoms with van der Waals surface area (Å²) < 4.78 is 1.75. The summed E-state index contributed by atoms with van der Waals surface area (Å²) in [7, 11) is 0. The Kier molecular flexibility index (Phi) is 5.39. The van der Waals surface area contributed by atoms with Gasteiger partial charge in [0.2, 0.25) is 0 Å². The van der Waals surface area contributed by atoms with Crippen LogP contribution >= 0.6 is 0 Å². The molecule has 4 heterocycles. The van der Waals surface area contributed by atoms with Crippen molar-refractivity contribution in [1.29, 1.82) is 0 Å². The molecule has 1 fully saturated rings. The lowest BCUT2D eigenvalue weighted by Gasteiger charge is -2.26. The zero-order valence-corrected chi connectivity index (χ0v) is 18.9. The van der Waals surface area contributed by atoms with Gasteiger partial charge in [-0.3, -0.25) is 14.3 Å². The fourth-order valence-electron chi connectivity index (χ4n) is 4.77. The maximum absolute atomic E-state index is 13.2. The van der Waals surface area contributed by atoms with Gasteiger partial charge in [-0.15, -0.1) is 0 Å². The number of hydrogen-bond donors (Lipinski definition) is 1. The smallest absolute Gasteiger partial charge is 0.261 e. The van der Waals surface area contributed by atoms with Gasteiger partial charge >= 0.3 is 0 Å². The molecule has 0 unspecified atom stereocenters. The highest BCUT2D eigenvalue weighted by Crippen LogP contribution is 2.27. The number of likely N-dealkylation sites (tertiary alicyclic amines) is 1. The summed E-state index contributed by atoms with van der Waals surface area (Å²) in [6.45, 7) is 3.81. The van der Waals surface area contributed by atoms with Crippen molar-refractivity contribution in [2.75, 3.05) is 19.6 Å². The lowest BCUT2D eigenvalue weighted by Crippen LogP contribution is -2.34. The lowest BCUT2D eigenvalue weighted by molar-refractivity contribution is 0.220. The number of aromatic amines is 1. The maximum atomic E-state index is 13.2. The predicted octanol–water partition coefficient (Wildman–Crippen LogP) is 4.49. The van der Waals surface area contributed by atoms with E-state index in [4.69, 9.17) is 4.98 Å². The molecule has 0 atom stereocenters. The minimum absolute atomic E-state index is 0.0199. The molecule has 170 valence electrons. The van der Waals surface area contributed by atoms with Gasteiger partial charge in [-0.25, -0.2) is 9.97 Å². The summed E-state index contributed by atoms with van der Waals surface area (Å²) in [4.78, 5) is 32.4. The van der Waals surface area contributed by atoms with Crippen molar-refractivity contribution in [3.05, 3.63) is 77.6 Å². The first-order valence-corrected chi connectivity index (χ1v) is 11.9. The summed E-state index contributed by atoms with van der Waals surface area (Å²) in [6, 6.07) is 15.9. The van der Waals surface area contributed by atoms with Crippen LogP contribution in [0.1, 0.15) is 19.3 Å². The predicted molar refractivity (Wildman–Crippen MR) is 135 cm³/mol. The van der Waals surface area contributed by atoms with Crippen LogP contribution in [0.5, 0.6) is 0 Å². The summed E-state index contributed by atoms with van der Waals surface area (Å²) in [5.74, 6) is 0.814. The molecule has 1 aliphatic rings. The van der Waals surface area contributed by atoms with Gasteiger partial charge in [0.05, 0.1) is 28.3 Å². The van der Waals surface area contributed by atoms with Gasteiger partial charge in [0.1, 0.15) is 5.82 Å². The number of nitrogens with one attached hydrogen (secondary N) is 1. The number of benzene rings is 2. The van der Waals surface area contributed by atoms with Crippen LogP contribution in [0.15, 0.2) is 72.0 Å². The molecule has 0 amide bonds. The molecule has 2 aromatic carbocycles. The first-order valence-electron chi connectivity index (χ1n) is 11.9. The molecule has 7 heteroatoms. The van der Waals surface area contributed by atoms with E-state index in [-0.39, 0.29) is 5.56 Å². The van der Waals surface area contributed by atoms with E-state index in [1.165, 1.54) is 19.3 Å². The van der Waals surface area contributed by atoms with Gasteiger partial charge < -0.3 is 9.88 Å². The number of imidazole rings is 1. The molecule has 3 aromatic heterocycles. The van der Waals surface area contributed by atoms with Gasteiger partial charge in [-0.2, -0.15) is 0 Å². The quantitative estimate of drug-likeness (QED) is 0.427. The second kappa shape index (κ2) is 8.83. The minimum atomic E-state index is 0.0199. The molecule has 34 heavy (non-hydrogen) atoms. The molecular weight excluding hydrogens is 424 g/mol. The largest absolute Gasteiger partial charge is 0.338 e. The second-order valence-electron chi connectivity index (χ2n) is 8.93. The van der Waals surface area contributed by atoms with E-state index >= 15 is 0 Å². The van der Waals surface area contributed by atoms with Gasteiger partial charge in [0.15, 0.2) is 0 Å². The zero-order chi connectivity index (χ0) is 22.9. The van der Waals surface area contributed by atoms with Crippen LogP contribution in [0, 0.1) is 0 Å². The van der Waals surface area contributed by atoms with Crippen molar-refractivity contribution in [3.63, 3.8) is 0 Å². The Hall–Kier alpha value is -3.84. The molecule has 7 nitrogen and oxygen atoms in total. The van der Waals surface area contributed by atoms with E-state index in [2.05, 4.69) is 25.9 Å². The highest BCUT2D eigenvalue weighted by Gasteiger charge is 2.12. The Bertz CT molecular complexity index is 1520. The molecule has 6 rings (SSSR count). The molecule has 0 spiro atoms. The molecule has 1 saturated heterocycles. The van der Waals surface area contributed by atoms with Crippen LogP contribution in [0.25, 0.3) is 44.5 Å². The van der Waals surface area contributed by atoms with Crippen LogP contribution in [-0.2, 0) is 6.54 Å². The van der Waals surface area contributed by atoms with Crippen molar-refractivity contribution >= 4 is 21.9 Å². The fraction of sp³-hybridized carbons (Fsp3) is 0.259. The van der Waals surface area contributed by atoms with Crippen LogP contribution in [0.3, 0.4) is 0 Å². The third kappa shape index (κ3) is 3.99. The monoisotopic (exact) mass is 450 g/mol. The Morgan fingerprint density at radius 3 is 2.41 bits per heavy atom. The van der Waals surface area contributed by atoms with Crippen LogP contribution in [0.2, 0.25) is 0 Å². The van der Waals surface area contributed by atoms with E-state index in [1.807, 2.05) is 42.5 Å². The molecule has 0 bridgehead atoms. The van der Waals surface area contributed by atoms with E-state index in [9.17, 15) is 4.79 Å². The van der Waals surface area contributed by atoms with Crippen LogP contribution in [0.4, 0.5) is 0 Å². The topological polar surface area (TPSA) is 79.7 Å². The summed E-state index contributed by atoms with van der Waals surface area (Å²) in [5, 5.41) is 0.654. The maximum Gasteiger partial charge on any atom is 0.261 e. The number of rotatable bonds is 5. The first kappa shape index (κ1) is 20.7. The fourth-order valence-corrected chi connectivity index (χ4v) is 4.77. The van der Waals surface area contributed by atoms with E-state index in [1.54, 1.807) is 23.3 Å². The Morgan fingerprint density at radius 1 is 0.824 bits per heavy atom. The number of aromatic nitrogens is 5. The molecular formula is C27H26N6O. The van der Waals surface area contributed by atoms with E-state index in [0.29, 0.717) is 11.9 Å². The summed E-state index contributed by atoms with van der Waals surface area (Å²) in [5.41, 5.74) is 5.61.